The number of anilines is 1. The second-order valence-corrected chi connectivity index (χ2v) is 11.1. The van der Waals surface area contributed by atoms with Gasteiger partial charge in [0.25, 0.3) is 5.56 Å². The maximum Gasteiger partial charge on any atom is 0.274 e. The zero-order valence-corrected chi connectivity index (χ0v) is 21.6. The predicted octanol–water partition coefficient (Wildman–Crippen LogP) is 5.65. The zero-order valence-electron chi connectivity index (χ0n) is 20.8. The van der Waals surface area contributed by atoms with Crippen molar-refractivity contribution in [2.24, 2.45) is 7.05 Å². The summed E-state index contributed by atoms with van der Waals surface area (Å²) in [7, 11) is -1.80. The van der Waals surface area contributed by atoms with E-state index in [0.29, 0.717) is 40.1 Å². The molecule has 5 rings (SSSR count). The van der Waals surface area contributed by atoms with E-state index in [1.165, 1.54) is 28.0 Å². The molecule has 5 aromatic rings. The number of hydrogen-bond acceptors (Lipinski definition) is 5. The molecule has 3 aromatic carbocycles. The lowest BCUT2D eigenvalue weighted by Crippen LogP contribution is -2.16. The van der Waals surface area contributed by atoms with Crippen molar-refractivity contribution in [2.75, 3.05) is 11.6 Å². The van der Waals surface area contributed by atoms with Crippen LogP contribution >= 0.6 is 0 Å². The van der Waals surface area contributed by atoms with Gasteiger partial charge in [0.15, 0.2) is 9.84 Å². The quantitative estimate of drug-likeness (QED) is 0.293. The number of sulfone groups is 1. The summed E-state index contributed by atoms with van der Waals surface area (Å²) in [6.45, 7) is 2.73. The summed E-state index contributed by atoms with van der Waals surface area (Å²) in [5.74, 6) is 1.07. The van der Waals surface area contributed by atoms with Gasteiger partial charge in [-0.1, -0.05) is 35.9 Å². The first-order chi connectivity index (χ1) is 17.7. The lowest BCUT2D eigenvalue weighted by atomic mass is 10.0. The molecule has 0 bridgehead atoms. The Bertz CT molecular complexity index is 1770. The molecular formula is C29H27N3O4S. The van der Waals surface area contributed by atoms with Crippen LogP contribution in [-0.4, -0.2) is 24.2 Å². The first-order valence-electron chi connectivity index (χ1n) is 11.8. The Balaban J connectivity index is 1.53. The molecule has 37 heavy (non-hydrogen) atoms. The first kappa shape index (κ1) is 24.4. The number of benzene rings is 3. The van der Waals surface area contributed by atoms with Crippen LogP contribution in [0.3, 0.4) is 0 Å². The monoisotopic (exact) mass is 513 g/mol. The van der Waals surface area contributed by atoms with Gasteiger partial charge in [-0.15, -0.1) is 0 Å². The molecule has 0 fully saturated rings. The molecule has 2 aromatic heterocycles. The van der Waals surface area contributed by atoms with Gasteiger partial charge in [-0.25, -0.2) is 8.42 Å². The Labute approximate surface area is 215 Å². The minimum absolute atomic E-state index is 0.168. The number of aromatic nitrogens is 2. The molecule has 0 atom stereocenters. The van der Waals surface area contributed by atoms with Gasteiger partial charge in [-0.05, 0) is 48.9 Å². The Morgan fingerprint density at radius 1 is 0.973 bits per heavy atom. The SMILES string of the molecule is Cc1ccc(CNc2cccc(Oc3ccc(S(C)(=O)=O)cc3-c3cn(C)c(=O)c4[nH]ccc34)c2)cc1. The van der Waals surface area contributed by atoms with Crippen LogP contribution in [0.5, 0.6) is 11.5 Å². The highest BCUT2D eigenvalue weighted by molar-refractivity contribution is 7.90. The number of nitrogens with zero attached hydrogens (tertiary/aromatic N) is 1. The van der Waals surface area contributed by atoms with Gasteiger partial charge >= 0.3 is 0 Å². The number of nitrogens with one attached hydrogen (secondary N) is 2. The molecule has 7 nitrogen and oxygen atoms in total. The average Bonchev–Trinajstić information content (AvgIpc) is 3.36. The van der Waals surface area contributed by atoms with Crippen molar-refractivity contribution >= 4 is 26.4 Å². The molecular weight excluding hydrogens is 486 g/mol. The van der Waals surface area contributed by atoms with Gasteiger partial charge in [-0.2, -0.15) is 0 Å². The highest BCUT2D eigenvalue weighted by Gasteiger charge is 2.18. The molecule has 0 aliphatic carbocycles. The van der Waals surface area contributed by atoms with E-state index in [-0.39, 0.29) is 10.5 Å². The summed E-state index contributed by atoms with van der Waals surface area (Å²) in [6.07, 6.45) is 4.56. The second-order valence-electron chi connectivity index (χ2n) is 9.12. The number of aromatic amines is 1. The van der Waals surface area contributed by atoms with Gasteiger partial charge in [0.1, 0.15) is 17.0 Å². The molecule has 0 saturated heterocycles. The molecule has 188 valence electrons. The maximum absolute atomic E-state index is 12.6. The number of hydrogen-bond donors (Lipinski definition) is 2. The number of rotatable bonds is 7. The van der Waals surface area contributed by atoms with E-state index in [1.54, 1.807) is 37.6 Å². The maximum atomic E-state index is 12.6. The van der Waals surface area contributed by atoms with Crippen LogP contribution in [0.1, 0.15) is 11.1 Å². The minimum Gasteiger partial charge on any atom is -0.457 e. The molecule has 0 amide bonds. The van der Waals surface area contributed by atoms with Gasteiger partial charge in [0, 0.05) is 60.5 Å². The minimum atomic E-state index is -3.47. The van der Waals surface area contributed by atoms with Crippen molar-refractivity contribution in [1.82, 2.24) is 9.55 Å². The molecule has 0 spiro atoms. The lowest BCUT2D eigenvalue weighted by Gasteiger charge is -2.15. The van der Waals surface area contributed by atoms with Crippen molar-refractivity contribution in [3.8, 4) is 22.6 Å². The van der Waals surface area contributed by atoms with Gasteiger partial charge in [0.05, 0.1) is 4.90 Å². The van der Waals surface area contributed by atoms with E-state index in [0.717, 1.165) is 5.69 Å². The summed E-state index contributed by atoms with van der Waals surface area (Å²) in [6, 6.07) is 22.5. The number of H-pyrrole nitrogens is 1. The highest BCUT2D eigenvalue weighted by atomic mass is 32.2. The molecule has 0 radical (unpaired) electrons. The zero-order chi connectivity index (χ0) is 26.2. The van der Waals surface area contributed by atoms with E-state index in [9.17, 15) is 13.2 Å². The van der Waals surface area contributed by atoms with Crippen LogP contribution in [-0.2, 0) is 23.4 Å². The normalized spacial score (nSPS) is 11.5. The fourth-order valence-electron chi connectivity index (χ4n) is 4.23. The van der Waals surface area contributed by atoms with Gasteiger partial charge < -0.3 is 19.6 Å². The Kier molecular flexibility index (Phi) is 6.35. The molecule has 0 aliphatic heterocycles. The van der Waals surface area contributed by atoms with Crippen LogP contribution in [0.2, 0.25) is 0 Å². The van der Waals surface area contributed by atoms with Crippen LogP contribution < -0.4 is 15.6 Å². The molecule has 0 aliphatic rings. The molecule has 2 heterocycles. The Morgan fingerprint density at radius 2 is 1.76 bits per heavy atom. The van der Waals surface area contributed by atoms with Crippen molar-refractivity contribution in [3.63, 3.8) is 0 Å². The van der Waals surface area contributed by atoms with Gasteiger partial charge in [0.2, 0.25) is 0 Å². The van der Waals surface area contributed by atoms with Gasteiger partial charge in [-0.3, -0.25) is 4.79 Å². The summed E-state index contributed by atoms with van der Waals surface area (Å²) in [4.78, 5) is 15.7. The fraction of sp³-hybridized carbons (Fsp3) is 0.138. The molecule has 0 unspecified atom stereocenters. The Morgan fingerprint density at radius 3 is 2.51 bits per heavy atom. The molecule has 8 heteroatoms. The fourth-order valence-corrected chi connectivity index (χ4v) is 4.88. The van der Waals surface area contributed by atoms with E-state index in [4.69, 9.17) is 4.74 Å². The third kappa shape index (κ3) is 5.15. The number of ether oxygens (including phenoxy) is 1. The van der Waals surface area contributed by atoms with Crippen LogP contribution in [0.15, 0.2) is 94.9 Å². The number of pyridine rings is 1. The summed E-state index contributed by atoms with van der Waals surface area (Å²) in [5.41, 5.74) is 4.81. The van der Waals surface area contributed by atoms with E-state index >= 15 is 0 Å². The summed E-state index contributed by atoms with van der Waals surface area (Å²) >= 11 is 0. The van der Waals surface area contributed by atoms with E-state index < -0.39 is 9.84 Å². The third-order valence-corrected chi connectivity index (χ3v) is 7.35. The number of aryl methyl sites for hydroxylation is 2. The van der Waals surface area contributed by atoms with Crippen molar-refractivity contribution in [1.29, 1.82) is 0 Å². The van der Waals surface area contributed by atoms with Crippen LogP contribution in [0.25, 0.3) is 22.0 Å². The van der Waals surface area contributed by atoms with Crippen molar-refractivity contribution in [2.45, 2.75) is 18.4 Å². The largest absolute Gasteiger partial charge is 0.457 e. The Hall–Kier alpha value is -4.30. The third-order valence-electron chi connectivity index (χ3n) is 6.24. The van der Waals surface area contributed by atoms with E-state index in [1.807, 2.05) is 24.3 Å². The number of fused-ring (bicyclic) bond motifs is 1. The van der Waals surface area contributed by atoms with E-state index in [2.05, 4.69) is 41.5 Å². The van der Waals surface area contributed by atoms with Crippen LogP contribution in [0, 0.1) is 6.92 Å². The molecule has 0 saturated carbocycles. The standard InChI is InChI=1S/C29H27N3O4S/c1-19-7-9-20(10-8-19)17-31-21-5-4-6-22(15-21)36-27-12-11-23(37(3,34)35)16-25(27)26-18-32(2)29(33)28-24(26)13-14-30-28/h4-16,18,30-31H,17H2,1-3H3. The van der Waals surface area contributed by atoms with Crippen molar-refractivity contribution in [3.05, 3.63) is 107 Å². The predicted molar refractivity (Wildman–Crippen MR) is 147 cm³/mol. The first-order valence-corrected chi connectivity index (χ1v) is 13.7. The summed E-state index contributed by atoms with van der Waals surface area (Å²) in [5, 5.41) is 4.10. The second kappa shape index (κ2) is 9.63. The smallest absolute Gasteiger partial charge is 0.274 e. The topological polar surface area (TPSA) is 93.2 Å². The average molecular weight is 514 g/mol. The lowest BCUT2D eigenvalue weighted by molar-refractivity contribution is 0.484. The molecule has 2 N–H and O–H groups in total. The highest BCUT2D eigenvalue weighted by Crippen LogP contribution is 2.38. The van der Waals surface area contributed by atoms with Crippen LogP contribution in [0.4, 0.5) is 5.69 Å². The summed E-state index contributed by atoms with van der Waals surface area (Å²) < 4.78 is 32.5. The van der Waals surface area contributed by atoms with Crippen molar-refractivity contribution < 1.29 is 13.2 Å².